The highest BCUT2D eigenvalue weighted by atomic mass is 32.2. The molecule has 1 heterocycles. The van der Waals surface area contributed by atoms with Crippen molar-refractivity contribution < 1.29 is 0 Å². The molecule has 0 N–H and O–H groups in total. The van der Waals surface area contributed by atoms with E-state index in [9.17, 15) is 0 Å². The van der Waals surface area contributed by atoms with Gasteiger partial charge in [-0.05, 0) is 18.8 Å². The van der Waals surface area contributed by atoms with Crippen molar-refractivity contribution in [1.82, 2.24) is 10.2 Å². The Hall–Kier alpha value is -0.800. The second-order valence-electron chi connectivity index (χ2n) is 3.75. The highest BCUT2D eigenvalue weighted by Gasteiger charge is 2.32. The van der Waals surface area contributed by atoms with Crippen molar-refractivity contribution in [3.63, 3.8) is 0 Å². The van der Waals surface area contributed by atoms with Gasteiger partial charge in [0.2, 0.25) is 5.13 Å². The second kappa shape index (κ2) is 4.37. The van der Waals surface area contributed by atoms with Gasteiger partial charge in [-0.1, -0.05) is 23.1 Å². The summed E-state index contributed by atoms with van der Waals surface area (Å²) in [6.45, 7) is 0. The Bertz CT molecular complexity index is 378. The number of anilines is 1. The molecule has 15 heavy (non-hydrogen) atoms. The zero-order valence-electron chi connectivity index (χ0n) is 8.67. The molecule has 1 aromatic rings. The molecule has 1 aliphatic rings. The average molecular weight is 240 g/mol. The first kappa shape index (κ1) is 10.7. The fraction of sp³-hybridized carbons (Fsp3) is 0.667. The molecule has 0 aromatic carbocycles. The van der Waals surface area contributed by atoms with Crippen molar-refractivity contribution in [3.8, 4) is 6.07 Å². The van der Waals surface area contributed by atoms with Crippen LogP contribution in [-0.2, 0) is 0 Å². The Labute approximate surface area is 97.3 Å². The van der Waals surface area contributed by atoms with Gasteiger partial charge >= 0.3 is 0 Å². The molecule has 80 valence electrons. The van der Waals surface area contributed by atoms with Crippen LogP contribution in [-0.4, -0.2) is 29.5 Å². The van der Waals surface area contributed by atoms with Gasteiger partial charge in [0.25, 0.3) is 0 Å². The first-order valence-electron chi connectivity index (χ1n) is 4.78. The summed E-state index contributed by atoms with van der Waals surface area (Å²) in [7, 11) is 3.88. The van der Waals surface area contributed by atoms with Crippen LogP contribution >= 0.6 is 23.1 Å². The summed E-state index contributed by atoms with van der Waals surface area (Å²) in [6, 6.07) is 2.34. The van der Waals surface area contributed by atoms with Gasteiger partial charge in [-0.15, -0.1) is 10.2 Å². The van der Waals surface area contributed by atoms with E-state index in [0.29, 0.717) is 5.92 Å². The van der Waals surface area contributed by atoms with Crippen LogP contribution in [0.25, 0.3) is 0 Å². The first-order valence-corrected chi connectivity index (χ1v) is 6.47. The molecular weight excluding hydrogens is 228 g/mol. The lowest BCUT2D eigenvalue weighted by Gasteiger charge is -2.04. The summed E-state index contributed by atoms with van der Waals surface area (Å²) in [5.74, 6) is 0.576. The molecule has 1 aliphatic carbocycles. The van der Waals surface area contributed by atoms with Crippen LogP contribution in [0, 0.1) is 17.2 Å². The SMILES string of the molecule is CN(C)c1nnc(SC(C#N)C2CC2)s1. The Kier molecular flexibility index (Phi) is 3.12. The number of hydrogen-bond acceptors (Lipinski definition) is 6. The van der Waals surface area contributed by atoms with Crippen LogP contribution in [0.3, 0.4) is 0 Å². The lowest BCUT2D eigenvalue weighted by molar-refractivity contribution is 0.885. The zero-order chi connectivity index (χ0) is 10.8. The Morgan fingerprint density at radius 3 is 2.73 bits per heavy atom. The highest BCUT2D eigenvalue weighted by molar-refractivity contribution is 8.01. The summed E-state index contributed by atoms with van der Waals surface area (Å²) in [5.41, 5.74) is 0. The average Bonchev–Trinajstić information content (AvgIpc) is 2.94. The number of nitrogens with zero attached hydrogens (tertiary/aromatic N) is 4. The van der Waals surface area contributed by atoms with E-state index in [1.54, 1.807) is 23.1 Å². The highest BCUT2D eigenvalue weighted by Crippen LogP contribution is 2.42. The van der Waals surface area contributed by atoms with E-state index >= 15 is 0 Å². The molecule has 0 spiro atoms. The van der Waals surface area contributed by atoms with E-state index in [0.717, 1.165) is 9.47 Å². The van der Waals surface area contributed by atoms with Gasteiger partial charge < -0.3 is 4.90 Å². The predicted octanol–water partition coefficient (Wildman–Crippen LogP) is 2.00. The van der Waals surface area contributed by atoms with E-state index in [4.69, 9.17) is 5.26 Å². The molecule has 2 rings (SSSR count). The maximum Gasteiger partial charge on any atom is 0.208 e. The van der Waals surface area contributed by atoms with Crippen LogP contribution in [0.1, 0.15) is 12.8 Å². The maximum absolute atomic E-state index is 8.99. The van der Waals surface area contributed by atoms with Crippen LogP contribution in [0.2, 0.25) is 0 Å². The number of thioether (sulfide) groups is 1. The quantitative estimate of drug-likeness (QED) is 0.753. The third-order valence-electron chi connectivity index (χ3n) is 2.18. The molecule has 1 fully saturated rings. The van der Waals surface area contributed by atoms with Gasteiger partial charge in [-0.3, -0.25) is 0 Å². The lowest BCUT2D eigenvalue weighted by Crippen LogP contribution is -2.07. The normalized spacial score (nSPS) is 17.1. The molecule has 1 atom stereocenters. The van der Waals surface area contributed by atoms with E-state index in [-0.39, 0.29) is 5.25 Å². The van der Waals surface area contributed by atoms with Crippen molar-refractivity contribution in [2.45, 2.75) is 22.4 Å². The Morgan fingerprint density at radius 1 is 1.53 bits per heavy atom. The lowest BCUT2D eigenvalue weighted by atomic mass is 10.3. The van der Waals surface area contributed by atoms with Crippen LogP contribution < -0.4 is 4.90 Å². The summed E-state index contributed by atoms with van der Waals surface area (Å²) in [4.78, 5) is 1.93. The molecule has 0 amide bonds. The minimum atomic E-state index is 0.0629. The Morgan fingerprint density at radius 2 is 2.27 bits per heavy atom. The summed E-state index contributed by atoms with van der Waals surface area (Å²) >= 11 is 3.10. The molecule has 1 aromatic heterocycles. The van der Waals surface area contributed by atoms with E-state index < -0.39 is 0 Å². The molecule has 0 bridgehead atoms. The van der Waals surface area contributed by atoms with Gasteiger partial charge in [0.15, 0.2) is 4.34 Å². The number of hydrogen-bond donors (Lipinski definition) is 0. The number of rotatable bonds is 4. The molecule has 0 saturated heterocycles. The topological polar surface area (TPSA) is 52.8 Å². The van der Waals surface area contributed by atoms with E-state index in [1.165, 1.54) is 12.8 Å². The molecule has 1 unspecified atom stereocenters. The van der Waals surface area contributed by atoms with Crippen LogP contribution in [0.5, 0.6) is 0 Å². The van der Waals surface area contributed by atoms with Crippen molar-refractivity contribution >= 4 is 28.2 Å². The van der Waals surface area contributed by atoms with Crippen molar-refractivity contribution in [2.24, 2.45) is 5.92 Å². The van der Waals surface area contributed by atoms with Gasteiger partial charge in [0.1, 0.15) is 5.25 Å². The molecular formula is C9H12N4S2. The predicted molar refractivity (Wildman–Crippen MR) is 62.2 cm³/mol. The van der Waals surface area contributed by atoms with E-state index in [2.05, 4.69) is 16.3 Å². The van der Waals surface area contributed by atoms with Gasteiger partial charge in [0, 0.05) is 14.1 Å². The first-order chi connectivity index (χ1) is 7.20. The van der Waals surface area contributed by atoms with Crippen molar-refractivity contribution in [3.05, 3.63) is 0 Å². The third-order valence-corrected chi connectivity index (χ3v) is 4.64. The molecule has 4 nitrogen and oxygen atoms in total. The molecule has 0 radical (unpaired) electrons. The van der Waals surface area contributed by atoms with Crippen LogP contribution in [0.4, 0.5) is 5.13 Å². The van der Waals surface area contributed by atoms with Crippen molar-refractivity contribution in [2.75, 3.05) is 19.0 Å². The smallest absolute Gasteiger partial charge is 0.208 e. The molecule has 1 saturated carbocycles. The summed E-state index contributed by atoms with van der Waals surface area (Å²) < 4.78 is 0.900. The largest absolute Gasteiger partial charge is 0.353 e. The monoisotopic (exact) mass is 240 g/mol. The maximum atomic E-state index is 8.99. The second-order valence-corrected chi connectivity index (χ2v) is 6.09. The zero-order valence-corrected chi connectivity index (χ0v) is 10.3. The van der Waals surface area contributed by atoms with Gasteiger partial charge in [-0.25, -0.2) is 0 Å². The van der Waals surface area contributed by atoms with E-state index in [1.807, 2.05) is 19.0 Å². The minimum Gasteiger partial charge on any atom is -0.353 e. The third kappa shape index (κ3) is 2.61. The standard InChI is InChI=1S/C9H12N4S2/c1-13(2)8-11-12-9(15-8)14-7(5-10)6-3-4-6/h6-7H,3-4H2,1-2H3. The van der Waals surface area contributed by atoms with Crippen molar-refractivity contribution in [1.29, 1.82) is 5.26 Å². The Balaban J connectivity index is 2.00. The minimum absolute atomic E-state index is 0.0629. The number of nitriles is 1. The van der Waals surface area contributed by atoms with Crippen LogP contribution in [0.15, 0.2) is 4.34 Å². The molecule has 6 heteroatoms. The number of aromatic nitrogens is 2. The molecule has 0 aliphatic heterocycles. The summed E-state index contributed by atoms with van der Waals surface area (Å²) in [6.07, 6.45) is 2.37. The van der Waals surface area contributed by atoms with Gasteiger partial charge in [0.05, 0.1) is 6.07 Å². The fourth-order valence-corrected chi connectivity index (χ4v) is 3.22. The fourth-order valence-electron chi connectivity index (χ4n) is 1.17. The summed E-state index contributed by atoms with van der Waals surface area (Å²) in [5, 5.41) is 18.1. The van der Waals surface area contributed by atoms with Gasteiger partial charge in [-0.2, -0.15) is 5.26 Å².